The molecule has 0 aliphatic carbocycles. The van der Waals surface area contributed by atoms with Gasteiger partial charge >= 0.3 is 0 Å². The smallest absolute Gasteiger partial charge is 0.237 e. The lowest BCUT2D eigenvalue weighted by Crippen LogP contribution is -2.25. The van der Waals surface area contributed by atoms with Crippen LogP contribution in [0.15, 0.2) is 58.6 Å². The molecule has 156 valence electrons. The van der Waals surface area contributed by atoms with Gasteiger partial charge in [0, 0.05) is 11.9 Å². The number of carbonyl (C=O) groups is 1. The van der Waals surface area contributed by atoms with Crippen LogP contribution in [-0.2, 0) is 11.8 Å². The maximum absolute atomic E-state index is 12.7. The number of nitrogens with one attached hydrogen (secondary N) is 1. The van der Waals surface area contributed by atoms with Gasteiger partial charge in [0.2, 0.25) is 5.91 Å². The largest absolute Gasteiger partial charge is 0.485 e. The average Bonchev–Trinajstić information content (AvgIpc) is 3.13. The Balaban J connectivity index is 1.43. The molecule has 2 aromatic carbocycles. The van der Waals surface area contributed by atoms with Crippen molar-refractivity contribution in [3.63, 3.8) is 0 Å². The minimum Gasteiger partial charge on any atom is -0.485 e. The normalized spacial score (nSPS) is 16.2. The number of fused-ring (bicyclic) bond motifs is 1. The van der Waals surface area contributed by atoms with Crippen LogP contribution in [0.1, 0.15) is 18.9 Å². The Bertz CT molecular complexity index is 1060. The molecule has 1 N–H and O–H groups in total. The highest BCUT2D eigenvalue weighted by molar-refractivity contribution is 8.00. The molecule has 9 heteroatoms. The summed E-state index contributed by atoms with van der Waals surface area (Å²) in [5.41, 5.74) is 0.813. The number of ether oxygens (including phenoxy) is 2. The molecule has 0 saturated carbocycles. The van der Waals surface area contributed by atoms with Gasteiger partial charge in [-0.1, -0.05) is 36.0 Å². The molecule has 3 aromatic rings. The fourth-order valence-electron chi connectivity index (χ4n) is 3.05. The van der Waals surface area contributed by atoms with Crippen LogP contribution >= 0.6 is 23.5 Å². The Morgan fingerprint density at radius 3 is 2.70 bits per heavy atom. The zero-order valence-corrected chi connectivity index (χ0v) is 18.5. The van der Waals surface area contributed by atoms with Crippen molar-refractivity contribution in [1.29, 1.82) is 0 Å². The van der Waals surface area contributed by atoms with E-state index in [1.54, 1.807) is 11.8 Å². The second kappa shape index (κ2) is 9.01. The lowest BCUT2D eigenvalue weighted by atomic mass is 10.2. The van der Waals surface area contributed by atoms with Crippen LogP contribution < -0.4 is 14.8 Å². The second-order valence-corrected chi connectivity index (χ2v) is 8.87. The maximum atomic E-state index is 12.7. The number of amides is 1. The number of nitrogens with zero attached hydrogens (tertiary/aromatic N) is 3. The molecule has 7 nitrogen and oxygen atoms in total. The van der Waals surface area contributed by atoms with Crippen molar-refractivity contribution in [3.8, 4) is 11.5 Å². The van der Waals surface area contributed by atoms with E-state index in [2.05, 4.69) is 15.5 Å². The van der Waals surface area contributed by atoms with E-state index < -0.39 is 0 Å². The Kier molecular flexibility index (Phi) is 6.19. The molecule has 30 heavy (non-hydrogen) atoms. The number of thioether (sulfide) groups is 2. The van der Waals surface area contributed by atoms with E-state index in [-0.39, 0.29) is 17.3 Å². The molecule has 2 unspecified atom stereocenters. The topological polar surface area (TPSA) is 78.3 Å². The predicted octanol–water partition coefficient (Wildman–Crippen LogP) is 4.17. The van der Waals surface area contributed by atoms with Gasteiger partial charge in [0.25, 0.3) is 0 Å². The summed E-state index contributed by atoms with van der Waals surface area (Å²) in [6, 6.07) is 15.3. The molecule has 1 aliphatic heterocycles. The Morgan fingerprint density at radius 1 is 1.17 bits per heavy atom. The van der Waals surface area contributed by atoms with Crippen molar-refractivity contribution >= 4 is 35.1 Å². The fourth-order valence-corrected chi connectivity index (χ4v) is 4.43. The molecule has 2 atom stereocenters. The van der Waals surface area contributed by atoms with Gasteiger partial charge in [-0.3, -0.25) is 4.79 Å². The fraction of sp³-hybridized carbons (Fsp3) is 0.286. The number of carbonyl (C=O) groups excluding carboxylic acids is 1. The molecule has 4 rings (SSSR count). The van der Waals surface area contributed by atoms with Crippen LogP contribution in [0.5, 0.6) is 11.5 Å². The quantitative estimate of drug-likeness (QED) is 0.574. The summed E-state index contributed by atoms with van der Waals surface area (Å²) < 4.78 is 13.7. The lowest BCUT2D eigenvalue weighted by molar-refractivity contribution is -0.115. The summed E-state index contributed by atoms with van der Waals surface area (Å²) in [6.07, 6.45) is 1.63. The van der Waals surface area contributed by atoms with Gasteiger partial charge < -0.3 is 19.4 Å². The first-order chi connectivity index (χ1) is 14.6. The van der Waals surface area contributed by atoms with Crippen LogP contribution in [0.4, 0.5) is 5.69 Å². The first-order valence-corrected chi connectivity index (χ1v) is 11.6. The molecule has 1 amide bonds. The highest BCUT2D eigenvalue weighted by Gasteiger charge is 2.28. The first-order valence-electron chi connectivity index (χ1n) is 9.45. The summed E-state index contributed by atoms with van der Waals surface area (Å²) >= 11 is 2.95. The van der Waals surface area contributed by atoms with Gasteiger partial charge in [-0.25, -0.2) is 0 Å². The number of anilines is 1. The highest BCUT2D eigenvalue weighted by Crippen LogP contribution is 2.36. The predicted molar refractivity (Wildman–Crippen MR) is 118 cm³/mol. The van der Waals surface area contributed by atoms with E-state index in [1.807, 2.05) is 73.3 Å². The van der Waals surface area contributed by atoms with Gasteiger partial charge in [-0.05, 0) is 37.4 Å². The van der Waals surface area contributed by atoms with Crippen LogP contribution in [0.3, 0.4) is 0 Å². The third-order valence-electron chi connectivity index (χ3n) is 4.68. The number of hydrogen-bond donors (Lipinski definition) is 1. The first kappa shape index (κ1) is 20.6. The number of para-hydroxylation sites is 3. The molecule has 0 radical (unpaired) electrons. The molecule has 0 fully saturated rings. The van der Waals surface area contributed by atoms with Crippen LogP contribution in [-0.4, -0.2) is 38.8 Å². The van der Waals surface area contributed by atoms with Crippen molar-refractivity contribution < 1.29 is 14.3 Å². The minimum absolute atomic E-state index is 0.0859. The van der Waals surface area contributed by atoms with Crippen molar-refractivity contribution in [2.45, 2.75) is 28.3 Å². The van der Waals surface area contributed by atoms with Crippen molar-refractivity contribution in [2.24, 2.45) is 7.05 Å². The molecule has 0 spiro atoms. The monoisotopic (exact) mass is 442 g/mol. The van der Waals surface area contributed by atoms with Crippen LogP contribution in [0, 0.1) is 0 Å². The van der Waals surface area contributed by atoms with E-state index in [4.69, 9.17) is 9.47 Å². The number of aromatic nitrogens is 3. The van der Waals surface area contributed by atoms with E-state index in [0.717, 1.165) is 16.3 Å². The maximum Gasteiger partial charge on any atom is 0.237 e. The van der Waals surface area contributed by atoms with Crippen LogP contribution in [0.2, 0.25) is 0 Å². The third kappa shape index (κ3) is 4.27. The summed E-state index contributed by atoms with van der Waals surface area (Å²) in [7, 11) is 1.87. The Hall–Kier alpha value is -2.65. The van der Waals surface area contributed by atoms with Crippen molar-refractivity contribution in [2.75, 3.05) is 18.2 Å². The minimum atomic E-state index is -0.357. The zero-order valence-electron chi connectivity index (χ0n) is 16.9. The number of hydrogen-bond acceptors (Lipinski definition) is 7. The Labute approximate surface area is 183 Å². The van der Waals surface area contributed by atoms with Gasteiger partial charge in [-0.2, -0.15) is 0 Å². The number of benzene rings is 2. The SMILES string of the molecule is CSc1ccccc1NC(=O)C(C)Sc1nnc(C2COc3ccccc3O2)n1C. The van der Waals surface area contributed by atoms with E-state index in [0.29, 0.717) is 23.3 Å². The summed E-state index contributed by atoms with van der Waals surface area (Å²) in [6.45, 7) is 2.21. The molecule has 0 bridgehead atoms. The third-order valence-corrected chi connectivity index (χ3v) is 6.61. The van der Waals surface area contributed by atoms with Crippen molar-refractivity contribution in [3.05, 3.63) is 54.4 Å². The van der Waals surface area contributed by atoms with Gasteiger partial charge in [0.1, 0.15) is 6.61 Å². The van der Waals surface area contributed by atoms with Gasteiger partial charge in [0.05, 0.1) is 10.9 Å². The summed E-state index contributed by atoms with van der Waals surface area (Å²) in [4.78, 5) is 13.7. The molecular formula is C21H22N4O3S2. The standard InChI is InChI=1S/C21H22N4O3S2/c1-13(20(26)22-14-8-4-7-11-18(14)29-3)30-21-24-23-19(25(21)2)17-12-27-15-9-5-6-10-16(15)28-17/h4-11,13,17H,12H2,1-3H3,(H,22,26). The van der Waals surface area contributed by atoms with Gasteiger partial charge in [0.15, 0.2) is 28.6 Å². The lowest BCUT2D eigenvalue weighted by Gasteiger charge is -2.25. The Morgan fingerprint density at radius 2 is 1.90 bits per heavy atom. The average molecular weight is 443 g/mol. The van der Waals surface area contributed by atoms with Crippen LogP contribution in [0.25, 0.3) is 0 Å². The molecule has 0 saturated heterocycles. The summed E-state index contributed by atoms with van der Waals surface area (Å²) in [5, 5.41) is 11.9. The molecule has 1 aromatic heterocycles. The van der Waals surface area contributed by atoms with E-state index in [9.17, 15) is 4.79 Å². The molecule has 2 heterocycles. The molecular weight excluding hydrogens is 420 g/mol. The van der Waals surface area contributed by atoms with Crippen molar-refractivity contribution in [1.82, 2.24) is 14.8 Å². The van der Waals surface area contributed by atoms with E-state index in [1.165, 1.54) is 11.8 Å². The highest BCUT2D eigenvalue weighted by atomic mass is 32.2. The van der Waals surface area contributed by atoms with Gasteiger partial charge in [-0.15, -0.1) is 22.0 Å². The molecule has 1 aliphatic rings. The number of rotatable bonds is 6. The second-order valence-electron chi connectivity index (χ2n) is 6.71. The summed E-state index contributed by atoms with van der Waals surface area (Å²) in [5.74, 6) is 1.98. The van der Waals surface area contributed by atoms with E-state index >= 15 is 0 Å². The zero-order chi connectivity index (χ0) is 21.1.